The first-order valence-electron chi connectivity index (χ1n) is 8.96. The van der Waals surface area contributed by atoms with Gasteiger partial charge in [-0.3, -0.25) is 4.79 Å². The van der Waals surface area contributed by atoms with Crippen molar-refractivity contribution in [2.24, 2.45) is 0 Å². The number of hydrogen-bond acceptors (Lipinski definition) is 6. The van der Waals surface area contributed by atoms with Crippen LogP contribution in [-0.2, 0) is 9.53 Å². The number of carbonyl (C=O) groups excluding carboxylic acids is 2. The molecule has 144 valence electrons. The number of ether oxygens (including phenoxy) is 1. The second-order valence-corrected chi connectivity index (χ2v) is 6.32. The molecule has 0 radical (unpaired) electrons. The zero-order chi connectivity index (χ0) is 20.2. The third kappa shape index (κ3) is 4.14. The van der Waals surface area contributed by atoms with E-state index in [1.165, 1.54) is 0 Å². The van der Waals surface area contributed by atoms with Crippen LogP contribution in [-0.4, -0.2) is 28.5 Å². The molecular weight excluding hydrogens is 370 g/mol. The highest BCUT2D eigenvalue weighted by Gasteiger charge is 2.19. The molecule has 1 amide bonds. The van der Waals surface area contributed by atoms with Crippen molar-refractivity contribution < 1.29 is 18.7 Å². The van der Waals surface area contributed by atoms with Crippen LogP contribution in [0.1, 0.15) is 16.1 Å². The molecule has 29 heavy (non-hydrogen) atoms. The zero-order valence-corrected chi connectivity index (χ0v) is 15.6. The number of aromatic nitrogens is 2. The predicted molar refractivity (Wildman–Crippen MR) is 107 cm³/mol. The molecule has 0 bridgehead atoms. The number of esters is 1. The summed E-state index contributed by atoms with van der Waals surface area (Å²) >= 11 is 0. The number of benzene rings is 2. The van der Waals surface area contributed by atoms with Crippen LogP contribution in [0.2, 0.25) is 0 Å². The van der Waals surface area contributed by atoms with Crippen LogP contribution < -0.4 is 5.32 Å². The summed E-state index contributed by atoms with van der Waals surface area (Å²) < 4.78 is 10.9. The molecule has 0 fully saturated rings. The molecule has 7 nitrogen and oxygen atoms in total. The Balaban J connectivity index is 1.48. The summed E-state index contributed by atoms with van der Waals surface area (Å²) in [5.74, 6) is -0.406. The Labute approximate surface area is 166 Å². The Morgan fingerprint density at radius 2 is 1.76 bits per heavy atom. The number of carbonyl (C=O) groups is 2. The largest absolute Gasteiger partial charge is 0.452 e. The van der Waals surface area contributed by atoms with E-state index in [2.05, 4.69) is 15.3 Å². The smallest absolute Gasteiger partial charge is 0.339 e. The van der Waals surface area contributed by atoms with Gasteiger partial charge in [-0.15, -0.1) is 0 Å². The number of hydrogen-bond donors (Lipinski definition) is 1. The molecule has 0 aliphatic carbocycles. The van der Waals surface area contributed by atoms with Gasteiger partial charge in [0.25, 0.3) is 5.91 Å². The second kappa shape index (κ2) is 7.93. The van der Waals surface area contributed by atoms with Crippen molar-refractivity contribution in [3.8, 4) is 11.5 Å². The number of oxazole rings is 1. The maximum Gasteiger partial charge on any atom is 0.339 e. The average Bonchev–Trinajstić information content (AvgIpc) is 3.16. The summed E-state index contributed by atoms with van der Waals surface area (Å²) in [5.41, 5.74) is 2.84. The van der Waals surface area contributed by atoms with Crippen LogP contribution in [0.15, 0.2) is 71.1 Å². The minimum absolute atomic E-state index is 0.264. The zero-order valence-electron chi connectivity index (χ0n) is 15.6. The number of fused-ring (bicyclic) bond motifs is 1. The molecule has 0 aliphatic rings. The molecule has 2 heterocycles. The summed E-state index contributed by atoms with van der Waals surface area (Å²) in [7, 11) is 0. The van der Waals surface area contributed by atoms with Crippen molar-refractivity contribution in [2.45, 2.75) is 6.92 Å². The molecule has 2 aromatic carbocycles. The van der Waals surface area contributed by atoms with Crippen LogP contribution in [0.5, 0.6) is 0 Å². The van der Waals surface area contributed by atoms with Crippen molar-refractivity contribution in [1.29, 1.82) is 0 Å². The summed E-state index contributed by atoms with van der Waals surface area (Å²) in [6.45, 7) is 1.38. The minimum atomic E-state index is -0.643. The van der Waals surface area contributed by atoms with Crippen LogP contribution in [0.3, 0.4) is 0 Å². The van der Waals surface area contributed by atoms with Crippen LogP contribution in [0.25, 0.3) is 22.6 Å². The van der Waals surface area contributed by atoms with E-state index in [9.17, 15) is 9.59 Å². The summed E-state index contributed by atoms with van der Waals surface area (Å²) in [4.78, 5) is 33.3. The number of para-hydroxylation sites is 2. The van der Waals surface area contributed by atoms with Crippen molar-refractivity contribution >= 4 is 28.8 Å². The molecular formula is C22H17N3O4. The lowest BCUT2D eigenvalue weighted by Gasteiger charge is -2.08. The molecule has 0 unspecified atom stereocenters. The normalized spacial score (nSPS) is 10.7. The van der Waals surface area contributed by atoms with E-state index >= 15 is 0 Å². The summed E-state index contributed by atoms with van der Waals surface area (Å²) in [6, 6.07) is 19.4. The molecule has 0 saturated carbocycles. The van der Waals surface area contributed by atoms with E-state index in [0.29, 0.717) is 28.4 Å². The van der Waals surface area contributed by atoms with E-state index in [0.717, 1.165) is 5.69 Å². The molecule has 7 heteroatoms. The van der Waals surface area contributed by atoms with Gasteiger partial charge in [-0.05, 0) is 43.3 Å². The highest BCUT2D eigenvalue weighted by atomic mass is 16.5. The highest BCUT2D eigenvalue weighted by Crippen LogP contribution is 2.27. The van der Waals surface area contributed by atoms with Gasteiger partial charge in [0.2, 0.25) is 5.89 Å². The van der Waals surface area contributed by atoms with E-state index in [-0.39, 0.29) is 5.56 Å². The monoisotopic (exact) mass is 387 g/mol. The van der Waals surface area contributed by atoms with E-state index in [4.69, 9.17) is 9.15 Å². The Morgan fingerprint density at radius 3 is 2.59 bits per heavy atom. The first-order chi connectivity index (χ1) is 14.1. The molecule has 2 aromatic heterocycles. The van der Waals surface area contributed by atoms with Crippen molar-refractivity contribution in [3.63, 3.8) is 0 Å². The number of pyridine rings is 1. The minimum Gasteiger partial charge on any atom is -0.452 e. The van der Waals surface area contributed by atoms with Gasteiger partial charge < -0.3 is 14.5 Å². The predicted octanol–water partition coefficient (Wildman–Crippen LogP) is 3.99. The van der Waals surface area contributed by atoms with Crippen molar-refractivity contribution in [1.82, 2.24) is 9.97 Å². The third-order valence-electron chi connectivity index (χ3n) is 4.16. The average molecular weight is 387 g/mol. The Hall–Kier alpha value is -4.00. The van der Waals surface area contributed by atoms with Crippen LogP contribution in [0, 0.1) is 6.92 Å². The molecule has 0 atom stereocenters. The lowest BCUT2D eigenvalue weighted by atomic mass is 10.1. The first-order valence-corrected chi connectivity index (χ1v) is 8.96. The van der Waals surface area contributed by atoms with Crippen LogP contribution >= 0.6 is 0 Å². The lowest BCUT2D eigenvalue weighted by Crippen LogP contribution is -2.21. The summed E-state index contributed by atoms with van der Waals surface area (Å²) in [5, 5.41) is 2.60. The van der Waals surface area contributed by atoms with Crippen LogP contribution in [0.4, 0.5) is 5.82 Å². The number of nitrogens with one attached hydrogen (secondary N) is 1. The standard InChI is InChI=1S/C22H17N3O4/c1-14-7-6-12-19(23-14)25-20(26)13-28-22(27)16-9-3-2-8-15(16)21-24-17-10-4-5-11-18(17)29-21/h2-12H,13H2,1H3,(H,23,25,26). The number of nitrogens with zero attached hydrogens (tertiary/aromatic N) is 2. The fraction of sp³-hybridized carbons (Fsp3) is 0.0909. The van der Waals surface area contributed by atoms with E-state index in [1.807, 2.05) is 31.2 Å². The number of anilines is 1. The maximum absolute atomic E-state index is 12.6. The SMILES string of the molecule is Cc1cccc(NC(=O)COC(=O)c2ccccc2-c2nc3ccccc3o2)n1. The van der Waals surface area contributed by atoms with Gasteiger partial charge in [0.15, 0.2) is 12.2 Å². The van der Waals surface area contributed by atoms with Gasteiger partial charge in [0, 0.05) is 5.69 Å². The number of amides is 1. The molecule has 0 spiro atoms. The maximum atomic E-state index is 12.6. The van der Waals surface area contributed by atoms with Gasteiger partial charge in [0.05, 0.1) is 11.1 Å². The molecule has 1 N–H and O–H groups in total. The van der Waals surface area contributed by atoms with Gasteiger partial charge in [0.1, 0.15) is 11.3 Å². The fourth-order valence-electron chi connectivity index (χ4n) is 2.84. The van der Waals surface area contributed by atoms with Gasteiger partial charge in [-0.1, -0.05) is 30.3 Å². The Kier molecular flexibility index (Phi) is 5.03. The lowest BCUT2D eigenvalue weighted by molar-refractivity contribution is -0.119. The molecule has 4 rings (SSSR count). The van der Waals surface area contributed by atoms with Gasteiger partial charge in [-0.2, -0.15) is 0 Å². The molecule has 0 aliphatic heterocycles. The number of aryl methyl sites for hydroxylation is 1. The van der Waals surface area contributed by atoms with E-state index < -0.39 is 18.5 Å². The molecule has 4 aromatic rings. The fourth-order valence-corrected chi connectivity index (χ4v) is 2.84. The van der Waals surface area contributed by atoms with Gasteiger partial charge in [-0.25, -0.2) is 14.8 Å². The Morgan fingerprint density at radius 1 is 0.966 bits per heavy atom. The quantitative estimate of drug-likeness (QED) is 0.520. The topological polar surface area (TPSA) is 94.3 Å². The van der Waals surface area contributed by atoms with Crippen molar-refractivity contribution in [2.75, 3.05) is 11.9 Å². The second-order valence-electron chi connectivity index (χ2n) is 6.32. The third-order valence-corrected chi connectivity index (χ3v) is 4.16. The Bertz CT molecular complexity index is 1170. The highest BCUT2D eigenvalue weighted by molar-refractivity contribution is 5.99. The number of rotatable bonds is 5. The van der Waals surface area contributed by atoms with Gasteiger partial charge >= 0.3 is 5.97 Å². The molecule has 0 saturated heterocycles. The first kappa shape index (κ1) is 18.4. The van der Waals surface area contributed by atoms with E-state index in [1.54, 1.807) is 42.5 Å². The summed E-state index contributed by atoms with van der Waals surface area (Å²) in [6.07, 6.45) is 0. The van der Waals surface area contributed by atoms with Crippen molar-refractivity contribution in [3.05, 3.63) is 78.0 Å².